The van der Waals surface area contributed by atoms with Crippen LogP contribution in [0.5, 0.6) is 0 Å². The van der Waals surface area contributed by atoms with Gasteiger partial charge in [0.05, 0.1) is 11.1 Å². The summed E-state index contributed by atoms with van der Waals surface area (Å²) in [7, 11) is 0. The van der Waals surface area contributed by atoms with Crippen molar-refractivity contribution < 1.29 is 5.11 Å². The molecule has 2 N–H and O–H groups in total. The zero-order chi connectivity index (χ0) is 12.4. The summed E-state index contributed by atoms with van der Waals surface area (Å²) in [6.07, 6.45) is 0.578. The van der Waals surface area contributed by atoms with Crippen LogP contribution in [-0.4, -0.2) is 16.2 Å². The molecule has 1 heterocycles. The number of hydrogen-bond donors (Lipinski definition) is 2. The van der Waals surface area contributed by atoms with E-state index in [1.807, 2.05) is 24.3 Å². The Kier molecular flexibility index (Phi) is 3.50. The van der Waals surface area contributed by atoms with E-state index < -0.39 is 6.10 Å². The van der Waals surface area contributed by atoms with E-state index in [2.05, 4.69) is 4.98 Å². The van der Waals surface area contributed by atoms with Crippen molar-refractivity contribution in [1.82, 2.24) is 4.98 Å². The second kappa shape index (κ2) is 4.90. The third-order valence-corrected chi connectivity index (χ3v) is 3.19. The Morgan fingerprint density at radius 1 is 1.41 bits per heavy atom. The zero-order valence-electron chi connectivity index (χ0n) is 9.53. The molecule has 1 unspecified atom stereocenters. The van der Waals surface area contributed by atoms with Crippen LogP contribution in [0, 0.1) is 0 Å². The Hall–Kier alpha value is -1.32. The minimum atomic E-state index is -0.433. The molecule has 1 aromatic carbocycles. The third kappa shape index (κ3) is 2.51. The summed E-state index contributed by atoms with van der Waals surface area (Å²) in [4.78, 5) is 14.6. The molecule has 0 spiro atoms. The monoisotopic (exact) mass is 251 g/mol. The lowest BCUT2D eigenvalue weighted by Crippen LogP contribution is -2.15. The highest BCUT2D eigenvalue weighted by Gasteiger charge is 2.11. The lowest BCUT2D eigenvalue weighted by molar-refractivity contribution is 0.185. The molecule has 17 heavy (non-hydrogen) atoms. The summed E-state index contributed by atoms with van der Waals surface area (Å²) in [6.45, 7) is 1.70. The van der Waals surface area contributed by atoms with Crippen molar-refractivity contribution in [1.29, 1.82) is 0 Å². The first kappa shape index (κ1) is 12.1. The first-order chi connectivity index (χ1) is 8.09. The summed E-state index contributed by atoms with van der Waals surface area (Å²) in [6, 6.07) is 7.43. The van der Waals surface area contributed by atoms with E-state index in [0.29, 0.717) is 23.4 Å². The van der Waals surface area contributed by atoms with Crippen molar-refractivity contribution >= 4 is 22.5 Å². The van der Waals surface area contributed by atoms with Crippen LogP contribution in [0.3, 0.4) is 0 Å². The highest BCUT2D eigenvalue weighted by molar-refractivity contribution is 6.36. The number of rotatable bonds is 3. The average molecular weight is 252 g/mol. The van der Waals surface area contributed by atoms with Crippen molar-refractivity contribution in [2.24, 2.45) is 0 Å². The van der Waals surface area contributed by atoms with Gasteiger partial charge in [0.15, 0.2) is 0 Å². The molecule has 2 rings (SSSR count). The molecule has 0 fully saturated rings. The van der Waals surface area contributed by atoms with Gasteiger partial charge in [-0.05, 0) is 25.8 Å². The van der Waals surface area contributed by atoms with Crippen LogP contribution in [0.1, 0.15) is 18.9 Å². The van der Waals surface area contributed by atoms with E-state index in [4.69, 9.17) is 11.6 Å². The summed E-state index contributed by atoms with van der Waals surface area (Å²) in [5.74, 6) is 0. The SMILES string of the molecule is CC(O)CCc1c(Cl)c2ccccc2[nH]c1=O. The quantitative estimate of drug-likeness (QED) is 0.881. The van der Waals surface area contributed by atoms with Crippen LogP contribution >= 0.6 is 11.6 Å². The van der Waals surface area contributed by atoms with Gasteiger partial charge >= 0.3 is 0 Å². The maximum absolute atomic E-state index is 11.8. The van der Waals surface area contributed by atoms with Crippen LogP contribution in [0.4, 0.5) is 0 Å². The average Bonchev–Trinajstić information content (AvgIpc) is 2.28. The van der Waals surface area contributed by atoms with Gasteiger partial charge in [0.2, 0.25) is 0 Å². The van der Waals surface area contributed by atoms with E-state index in [9.17, 15) is 9.90 Å². The molecule has 4 heteroatoms. The number of para-hydroxylation sites is 1. The van der Waals surface area contributed by atoms with Crippen molar-refractivity contribution in [2.75, 3.05) is 0 Å². The van der Waals surface area contributed by atoms with E-state index >= 15 is 0 Å². The fraction of sp³-hybridized carbons (Fsp3) is 0.308. The first-order valence-corrected chi connectivity index (χ1v) is 5.95. The minimum absolute atomic E-state index is 0.172. The molecule has 90 valence electrons. The lowest BCUT2D eigenvalue weighted by Gasteiger charge is -2.08. The number of aliphatic hydroxyl groups is 1. The van der Waals surface area contributed by atoms with Gasteiger partial charge in [0.25, 0.3) is 5.56 Å². The summed E-state index contributed by atoms with van der Waals surface area (Å²) >= 11 is 6.23. The Balaban J connectivity index is 2.52. The molecule has 0 saturated carbocycles. The number of benzene rings is 1. The Morgan fingerprint density at radius 2 is 2.12 bits per heavy atom. The standard InChI is InChI=1S/C13H14ClNO2/c1-8(16)6-7-10-12(14)9-4-2-3-5-11(9)15-13(10)17/h2-5,8,16H,6-7H2,1H3,(H,15,17). The van der Waals surface area contributed by atoms with Crippen molar-refractivity contribution in [3.8, 4) is 0 Å². The maximum atomic E-state index is 11.8. The fourth-order valence-corrected chi connectivity index (χ4v) is 2.17. The number of pyridine rings is 1. The van der Waals surface area contributed by atoms with Crippen molar-refractivity contribution in [2.45, 2.75) is 25.9 Å². The number of hydrogen-bond acceptors (Lipinski definition) is 2. The molecule has 0 radical (unpaired) electrons. The van der Waals surface area contributed by atoms with Crippen LogP contribution in [0.2, 0.25) is 5.02 Å². The molecule has 0 bridgehead atoms. The third-order valence-electron chi connectivity index (χ3n) is 2.76. The van der Waals surface area contributed by atoms with Crippen molar-refractivity contribution in [3.05, 3.63) is 45.2 Å². The molecule has 1 atom stereocenters. The predicted octanol–water partition coefficient (Wildman–Crippen LogP) is 2.49. The molecule has 3 nitrogen and oxygen atoms in total. The summed E-state index contributed by atoms with van der Waals surface area (Å²) < 4.78 is 0. The van der Waals surface area contributed by atoms with E-state index in [0.717, 1.165) is 10.9 Å². The molecular weight excluding hydrogens is 238 g/mol. The highest BCUT2D eigenvalue weighted by atomic mass is 35.5. The van der Waals surface area contributed by atoms with E-state index in [1.165, 1.54) is 0 Å². The van der Waals surface area contributed by atoms with Gasteiger partial charge in [-0.2, -0.15) is 0 Å². The number of fused-ring (bicyclic) bond motifs is 1. The van der Waals surface area contributed by atoms with E-state index in [-0.39, 0.29) is 5.56 Å². The number of H-pyrrole nitrogens is 1. The highest BCUT2D eigenvalue weighted by Crippen LogP contribution is 2.24. The fourth-order valence-electron chi connectivity index (χ4n) is 1.82. The first-order valence-electron chi connectivity index (χ1n) is 5.57. The number of aromatic nitrogens is 1. The van der Waals surface area contributed by atoms with Crippen LogP contribution in [0.15, 0.2) is 29.1 Å². The lowest BCUT2D eigenvalue weighted by atomic mass is 10.1. The summed E-state index contributed by atoms with van der Waals surface area (Å²) in [5.41, 5.74) is 1.11. The van der Waals surface area contributed by atoms with E-state index in [1.54, 1.807) is 6.92 Å². The van der Waals surface area contributed by atoms with Gasteiger partial charge < -0.3 is 10.1 Å². The Labute approximate surface area is 104 Å². The van der Waals surface area contributed by atoms with Crippen LogP contribution in [0.25, 0.3) is 10.9 Å². The molecular formula is C13H14ClNO2. The van der Waals surface area contributed by atoms with Gasteiger partial charge in [-0.25, -0.2) is 0 Å². The second-order valence-electron chi connectivity index (χ2n) is 4.18. The smallest absolute Gasteiger partial charge is 0.253 e. The van der Waals surface area contributed by atoms with Crippen molar-refractivity contribution in [3.63, 3.8) is 0 Å². The second-order valence-corrected chi connectivity index (χ2v) is 4.56. The normalized spacial score (nSPS) is 12.9. The summed E-state index contributed by atoms with van der Waals surface area (Å²) in [5, 5.41) is 10.6. The van der Waals surface area contributed by atoms with Gasteiger partial charge in [-0.1, -0.05) is 29.8 Å². The molecule has 1 aromatic heterocycles. The molecule has 0 saturated heterocycles. The number of nitrogens with one attached hydrogen (secondary N) is 1. The molecule has 0 aliphatic rings. The molecule has 2 aromatic rings. The van der Waals surface area contributed by atoms with Crippen LogP contribution < -0.4 is 5.56 Å². The minimum Gasteiger partial charge on any atom is -0.393 e. The Morgan fingerprint density at radius 3 is 2.82 bits per heavy atom. The van der Waals surface area contributed by atoms with Gasteiger partial charge in [-0.15, -0.1) is 0 Å². The van der Waals surface area contributed by atoms with Gasteiger partial charge in [0, 0.05) is 16.5 Å². The molecule has 0 aliphatic heterocycles. The topological polar surface area (TPSA) is 53.1 Å². The zero-order valence-corrected chi connectivity index (χ0v) is 10.3. The maximum Gasteiger partial charge on any atom is 0.253 e. The molecule has 0 amide bonds. The predicted molar refractivity (Wildman–Crippen MR) is 69.6 cm³/mol. The molecule has 0 aliphatic carbocycles. The van der Waals surface area contributed by atoms with Crippen LogP contribution in [-0.2, 0) is 6.42 Å². The number of halogens is 1. The van der Waals surface area contributed by atoms with Gasteiger partial charge in [-0.3, -0.25) is 4.79 Å². The van der Waals surface area contributed by atoms with Gasteiger partial charge in [0.1, 0.15) is 0 Å². The number of aliphatic hydroxyl groups excluding tert-OH is 1. The number of aromatic amines is 1. The Bertz CT molecular complexity index is 589. The largest absolute Gasteiger partial charge is 0.393 e.